The molecule has 0 unspecified atom stereocenters. The third-order valence-corrected chi connectivity index (χ3v) is 4.39. The van der Waals surface area contributed by atoms with Gasteiger partial charge in [0.2, 0.25) is 0 Å². The van der Waals surface area contributed by atoms with E-state index >= 15 is 0 Å². The first-order chi connectivity index (χ1) is 14.0. The van der Waals surface area contributed by atoms with Crippen molar-refractivity contribution in [3.8, 4) is 0 Å². The Kier molecular flexibility index (Phi) is 6.16. The largest absolute Gasteiger partial charge is 0.310 e. The van der Waals surface area contributed by atoms with Gasteiger partial charge in [-0.3, -0.25) is 19.7 Å². The Bertz CT molecular complexity index is 1160. The number of halogens is 1. The number of nitrogens with one attached hydrogen (secondary N) is 1. The molecule has 1 N–H and O–H groups in total. The van der Waals surface area contributed by atoms with Crippen LogP contribution in [0.1, 0.15) is 21.5 Å². The highest BCUT2D eigenvalue weighted by molar-refractivity contribution is 6.31. The third-order valence-electron chi connectivity index (χ3n) is 4.02. The number of hydrazone groups is 1. The van der Waals surface area contributed by atoms with Crippen molar-refractivity contribution in [2.24, 2.45) is 5.10 Å². The molecule has 0 atom stereocenters. The molecule has 0 radical (unpaired) electrons. The lowest BCUT2D eigenvalue weighted by atomic mass is 10.2. The lowest BCUT2D eigenvalue weighted by molar-refractivity contribution is -0.384. The van der Waals surface area contributed by atoms with Gasteiger partial charge >= 0.3 is 0 Å². The van der Waals surface area contributed by atoms with Crippen LogP contribution in [0.4, 0.5) is 5.69 Å². The van der Waals surface area contributed by atoms with E-state index in [1.807, 2.05) is 6.07 Å². The highest BCUT2D eigenvalue weighted by atomic mass is 35.5. The lowest BCUT2D eigenvalue weighted by Gasteiger charge is -2.09. The van der Waals surface area contributed by atoms with E-state index in [9.17, 15) is 19.7 Å². The Morgan fingerprint density at radius 1 is 1.17 bits per heavy atom. The van der Waals surface area contributed by atoms with E-state index in [4.69, 9.17) is 11.6 Å². The third kappa shape index (κ3) is 4.94. The minimum atomic E-state index is -0.690. The van der Waals surface area contributed by atoms with Gasteiger partial charge in [0.1, 0.15) is 5.56 Å². The molecule has 0 spiro atoms. The molecule has 0 aliphatic carbocycles. The van der Waals surface area contributed by atoms with Gasteiger partial charge in [0, 0.05) is 28.9 Å². The molecule has 8 nitrogen and oxygen atoms in total. The number of non-ortho nitro benzene ring substituents is 1. The van der Waals surface area contributed by atoms with Crippen molar-refractivity contribution < 1.29 is 9.72 Å². The van der Waals surface area contributed by atoms with Gasteiger partial charge in [-0.05, 0) is 23.8 Å². The predicted molar refractivity (Wildman–Crippen MR) is 109 cm³/mol. The second-order valence-electron chi connectivity index (χ2n) is 6.00. The van der Waals surface area contributed by atoms with E-state index in [2.05, 4.69) is 10.5 Å². The Hall–Kier alpha value is -3.78. The van der Waals surface area contributed by atoms with Crippen molar-refractivity contribution in [2.75, 3.05) is 0 Å². The fraction of sp³-hybridized carbons (Fsp3) is 0.0500. The van der Waals surface area contributed by atoms with Crippen LogP contribution in [0.2, 0.25) is 5.02 Å². The normalized spacial score (nSPS) is 10.8. The molecule has 1 amide bonds. The van der Waals surface area contributed by atoms with Gasteiger partial charge in [-0.25, -0.2) is 5.43 Å². The van der Waals surface area contributed by atoms with Crippen LogP contribution in [-0.2, 0) is 6.54 Å². The molecule has 0 saturated carbocycles. The molecule has 0 aliphatic heterocycles. The minimum absolute atomic E-state index is 0.0873. The Morgan fingerprint density at radius 3 is 2.72 bits per heavy atom. The summed E-state index contributed by atoms with van der Waals surface area (Å²) in [6, 6.07) is 15.9. The maximum atomic E-state index is 12.6. The van der Waals surface area contributed by atoms with E-state index < -0.39 is 16.4 Å². The standard InChI is InChI=1S/C20H15ClN4O4/c21-18-9-2-1-6-15(18)13-24-10-4-8-17(20(24)27)19(26)23-22-12-14-5-3-7-16(11-14)25(28)29/h1-12H,13H2,(H,23,26)/b22-12-. The van der Waals surface area contributed by atoms with Gasteiger partial charge in [0.05, 0.1) is 17.7 Å². The van der Waals surface area contributed by atoms with E-state index in [0.717, 1.165) is 5.56 Å². The van der Waals surface area contributed by atoms with Crippen LogP contribution < -0.4 is 11.0 Å². The van der Waals surface area contributed by atoms with Gasteiger partial charge in [-0.15, -0.1) is 0 Å². The number of hydrogen-bond acceptors (Lipinski definition) is 5. The first kappa shape index (κ1) is 20.0. The number of nitrogens with zero attached hydrogens (tertiary/aromatic N) is 3. The molecule has 1 heterocycles. The summed E-state index contributed by atoms with van der Waals surface area (Å²) >= 11 is 6.13. The summed E-state index contributed by atoms with van der Waals surface area (Å²) in [5, 5.41) is 15.1. The molecule has 9 heteroatoms. The van der Waals surface area contributed by atoms with Gasteiger partial charge in [0.25, 0.3) is 17.2 Å². The minimum Gasteiger partial charge on any atom is -0.310 e. The molecule has 0 bridgehead atoms. The van der Waals surface area contributed by atoms with E-state index in [0.29, 0.717) is 10.6 Å². The summed E-state index contributed by atoms with van der Waals surface area (Å²) < 4.78 is 1.38. The molecule has 0 aliphatic rings. The maximum absolute atomic E-state index is 12.6. The number of amides is 1. The second-order valence-corrected chi connectivity index (χ2v) is 6.40. The monoisotopic (exact) mass is 410 g/mol. The predicted octanol–water partition coefficient (Wildman–Crippen LogP) is 3.22. The van der Waals surface area contributed by atoms with Crippen LogP contribution >= 0.6 is 11.6 Å². The van der Waals surface area contributed by atoms with Gasteiger partial charge in [-0.2, -0.15) is 5.10 Å². The maximum Gasteiger partial charge on any atom is 0.276 e. The summed E-state index contributed by atoms with van der Waals surface area (Å²) in [6.07, 6.45) is 2.82. The summed E-state index contributed by atoms with van der Waals surface area (Å²) in [5.74, 6) is -0.690. The first-order valence-electron chi connectivity index (χ1n) is 8.46. The lowest BCUT2D eigenvalue weighted by Crippen LogP contribution is -2.31. The number of rotatable bonds is 6. The molecule has 146 valence electrons. The summed E-state index contributed by atoms with van der Waals surface area (Å²) in [5.41, 5.74) is 2.77. The molecule has 29 heavy (non-hydrogen) atoms. The number of nitro groups is 1. The average molecular weight is 411 g/mol. The van der Waals surface area contributed by atoms with Crippen molar-refractivity contribution in [2.45, 2.75) is 6.54 Å². The van der Waals surface area contributed by atoms with Crippen LogP contribution in [0, 0.1) is 10.1 Å². The van der Waals surface area contributed by atoms with Crippen molar-refractivity contribution >= 4 is 29.4 Å². The van der Waals surface area contributed by atoms with Crippen molar-refractivity contribution in [3.63, 3.8) is 0 Å². The molecule has 3 aromatic rings. The molecular weight excluding hydrogens is 396 g/mol. The van der Waals surface area contributed by atoms with E-state index in [1.54, 1.807) is 36.5 Å². The number of nitro benzene ring substituents is 1. The first-order valence-corrected chi connectivity index (χ1v) is 8.84. The van der Waals surface area contributed by atoms with Crippen LogP contribution in [0.5, 0.6) is 0 Å². The van der Waals surface area contributed by atoms with Gasteiger partial charge < -0.3 is 4.57 Å². The molecule has 1 aromatic heterocycles. The van der Waals surface area contributed by atoms with Crippen LogP contribution in [0.3, 0.4) is 0 Å². The molecule has 2 aromatic carbocycles. The highest BCUT2D eigenvalue weighted by Gasteiger charge is 2.12. The number of aromatic nitrogens is 1. The number of pyridine rings is 1. The Balaban J connectivity index is 1.75. The fourth-order valence-corrected chi connectivity index (χ4v) is 2.78. The van der Waals surface area contributed by atoms with Crippen molar-refractivity contribution in [1.82, 2.24) is 9.99 Å². The topological polar surface area (TPSA) is 107 Å². The number of carbonyl (C=O) groups is 1. The van der Waals surface area contributed by atoms with E-state index in [-0.39, 0.29) is 17.8 Å². The molecule has 0 saturated heterocycles. The van der Waals surface area contributed by atoms with Gasteiger partial charge in [0.15, 0.2) is 0 Å². The van der Waals surface area contributed by atoms with Crippen LogP contribution in [0.15, 0.2) is 76.8 Å². The van der Waals surface area contributed by atoms with Crippen LogP contribution in [0.25, 0.3) is 0 Å². The SMILES string of the molecule is O=C(N/N=C\c1cccc([N+](=O)[O-])c1)c1cccn(Cc2ccccc2Cl)c1=O. The van der Waals surface area contributed by atoms with Crippen molar-refractivity contribution in [1.29, 1.82) is 0 Å². The Morgan fingerprint density at radius 2 is 1.97 bits per heavy atom. The number of hydrogen-bond donors (Lipinski definition) is 1. The fourth-order valence-electron chi connectivity index (χ4n) is 2.59. The quantitative estimate of drug-likeness (QED) is 0.382. The highest BCUT2D eigenvalue weighted by Crippen LogP contribution is 2.15. The average Bonchev–Trinajstić information content (AvgIpc) is 2.71. The zero-order valence-corrected chi connectivity index (χ0v) is 15.7. The van der Waals surface area contributed by atoms with E-state index in [1.165, 1.54) is 35.0 Å². The Labute approximate surface area is 170 Å². The molecular formula is C20H15ClN4O4. The smallest absolute Gasteiger partial charge is 0.276 e. The summed E-state index contributed by atoms with van der Waals surface area (Å²) in [7, 11) is 0. The summed E-state index contributed by atoms with van der Waals surface area (Å²) in [6.45, 7) is 0.219. The summed E-state index contributed by atoms with van der Waals surface area (Å²) in [4.78, 5) is 35.2. The number of benzene rings is 2. The molecule has 0 fully saturated rings. The zero-order valence-electron chi connectivity index (χ0n) is 15.0. The number of carbonyl (C=O) groups excluding carboxylic acids is 1. The zero-order chi connectivity index (χ0) is 20.8. The van der Waals surface area contributed by atoms with Crippen LogP contribution in [-0.4, -0.2) is 21.6 Å². The molecule has 3 rings (SSSR count). The second kappa shape index (κ2) is 8.94. The van der Waals surface area contributed by atoms with Crippen molar-refractivity contribution in [3.05, 3.63) is 109 Å². The van der Waals surface area contributed by atoms with Gasteiger partial charge in [-0.1, -0.05) is 41.9 Å².